The summed E-state index contributed by atoms with van der Waals surface area (Å²) in [5.74, 6) is 1.44. The molecule has 0 spiro atoms. The maximum Gasteiger partial charge on any atom is 0.228 e. The minimum Gasteiger partial charge on any atom is -0.339 e. The van der Waals surface area contributed by atoms with Crippen LogP contribution in [0.1, 0.15) is 18.7 Å². The van der Waals surface area contributed by atoms with Gasteiger partial charge in [0, 0.05) is 23.4 Å². The molecule has 1 N–H and O–H groups in total. The molecule has 3 heterocycles. The Balaban J connectivity index is 1.72. The SMILES string of the molecule is c1cc(-c2noc(CC3CCCN3)n2)cs1. The third kappa shape index (κ3) is 2.01. The molecule has 3 rings (SSSR count). The Morgan fingerprint density at radius 1 is 1.56 bits per heavy atom. The molecule has 16 heavy (non-hydrogen) atoms. The van der Waals surface area contributed by atoms with E-state index in [4.69, 9.17) is 4.52 Å². The van der Waals surface area contributed by atoms with Crippen molar-refractivity contribution in [2.75, 3.05) is 6.54 Å². The zero-order chi connectivity index (χ0) is 10.8. The predicted molar refractivity (Wildman–Crippen MR) is 62.3 cm³/mol. The van der Waals surface area contributed by atoms with E-state index in [1.807, 2.05) is 16.8 Å². The van der Waals surface area contributed by atoms with Crippen molar-refractivity contribution in [1.29, 1.82) is 0 Å². The van der Waals surface area contributed by atoms with Crippen molar-refractivity contribution in [2.45, 2.75) is 25.3 Å². The third-order valence-electron chi connectivity index (χ3n) is 2.83. The van der Waals surface area contributed by atoms with E-state index in [0.717, 1.165) is 24.4 Å². The van der Waals surface area contributed by atoms with Crippen LogP contribution in [0.4, 0.5) is 0 Å². The summed E-state index contributed by atoms with van der Waals surface area (Å²) in [6.07, 6.45) is 3.30. The summed E-state index contributed by atoms with van der Waals surface area (Å²) in [5.41, 5.74) is 1.04. The molecular weight excluding hydrogens is 222 g/mol. The molecule has 5 heteroatoms. The largest absolute Gasteiger partial charge is 0.339 e. The van der Waals surface area contributed by atoms with Crippen molar-refractivity contribution >= 4 is 11.3 Å². The second-order valence-electron chi connectivity index (χ2n) is 4.02. The fourth-order valence-corrected chi connectivity index (χ4v) is 2.62. The second-order valence-corrected chi connectivity index (χ2v) is 4.80. The van der Waals surface area contributed by atoms with E-state index >= 15 is 0 Å². The molecule has 0 aliphatic carbocycles. The minimum absolute atomic E-state index is 0.510. The van der Waals surface area contributed by atoms with Gasteiger partial charge >= 0.3 is 0 Å². The van der Waals surface area contributed by atoms with Crippen LogP contribution in [0.5, 0.6) is 0 Å². The van der Waals surface area contributed by atoms with Crippen LogP contribution in [0, 0.1) is 0 Å². The number of nitrogens with zero attached hydrogens (tertiary/aromatic N) is 2. The summed E-state index contributed by atoms with van der Waals surface area (Å²) in [6, 6.07) is 2.52. The predicted octanol–water partition coefficient (Wildman–Crippen LogP) is 2.09. The first-order valence-corrected chi connectivity index (χ1v) is 6.44. The van der Waals surface area contributed by atoms with Gasteiger partial charge in [-0.15, -0.1) is 0 Å². The van der Waals surface area contributed by atoms with Crippen LogP contribution in [-0.4, -0.2) is 22.7 Å². The molecule has 2 aromatic rings. The maximum absolute atomic E-state index is 5.25. The van der Waals surface area contributed by atoms with Crippen LogP contribution in [0.15, 0.2) is 21.3 Å². The van der Waals surface area contributed by atoms with Crippen LogP contribution in [0.3, 0.4) is 0 Å². The number of rotatable bonds is 3. The lowest BCUT2D eigenvalue weighted by Gasteiger charge is -2.04. The Morgan fingerprint density at radius 2 is 2.56 bits per heavy atom. The van der Waals surface area contributed by atoms with Gasteiger partial charge in [0.25, 0.3) is 0 Å². The fraction of sp³-hybridized carbons (Fsp3) is 0.455. The van der Waals surface area contributed by atoms with Crippen molar-refractivity contribution in [1.82, 2.24) is 15.5 Å². The topological polar surface area (TPSA) is 51.0 Å². The Morgan fingerprint density at radius 3 is 3.31 bits per heavy atom. The summed E-state index contributed by atoms with van der Waals surface area (Å²) in [4.78, 5) is 4.41. The average Bonchev–Trinajstić information content (AvgIpc) is 2.99. The van der Waals surface area contributed by atoms with E-state index in [1.54, 1.807) is 11.3 Å². The average molecular weight is 235 g/mol. The molecule has 0 aromatic carbocycles. The smallest absolute Gasteiger partial charge is 0.228 e. The van der Waals surface area contributed by atoms with Gasteiger partial charge in [-0.1, -0.05) is 5.16 Å². The number of aromatic nitrogens is 2. The minimum atomic E-state index is 0.510. The molecule has 1 aliphatic heterocycles. The van der Waals surface area contributed by atoms with Gasteiger partial charge in [0.1, 0.15) is 0 Å². The highest BCUT2D eigenvalue weighted by Crippen LogP contribution is 2.19. The zero-order valence-corrected chi connectivity index (χ0v) is 9.67. The van der Waals surface area contributed by atoms with Gasteiger partial charge in [0.2, 0.25) is 11.7 Å². The normalized spacial score (nSPS) is 20.4. The van der Waals surface area contributed by atoms with E-state index in [2.05, 4.69) is 15.5 Å². The van der Waals surface area contributed by atoms with Crippen LogP contribution in [-0.2, 0) is 6.42 Å². The molecule has 1 saturated heterocycles. The highest BCUT2D eigenvalue weighted by atomic mass is 32.1. The van der Waals surface area contributed by atoms with E-state index in [0.29, 0.717) is 11.9 Å². The first-order valence-electron chi connectivity index (χ1n) is 5.50. The molecule has 1 aliphatic rings. The van der Waals surface area contributed by atoms with Crippen LogP contribution in [0.2, 0.25) is 0 Å². The lowest BCUT2D eigenvalue weighted by atomic mass is 10.1. The van der Waals surface area contributed by atoms with Crippen LogP contribution in [0.25, 0.3) is 11.4 Å². The molecule has 0 radical (unpaired) electrons. The van der Waals surface area contributed by atoms with Crippen LogP contribution >= 0.6 is 11.3 Å². The Labute approximate surface area is 97.7 Å². The molecule has 1 fully saturated rings. The van der Waals surface area contributed by atoms with Gasteiger partial charge in [-0.25, -0.2) is 0 Å². The number of thiophene rings is 1. The highest BCUT2D eigenvalue weighted by molar-refractivity contribution is 7.08. The van der Waals surface area contributed by atoms with E-state index in [9.17, 15) is 0 Å². The molecule has 2 aromatic heterocycles. The summed E-state index contributed by atoms with van der Waals surface area (Å²) in [5, 5.41) is 11.5. The lowest BCUT2D eigenvalue weighted by Crippen LogP contribution is -2.23. The third-order valence-corrected chi connectivity index (χ3v) is 3.51. The Bertz CT molecular complexity index is 446. The molecule has 0 saturated carbocycles. The molecule has 1 atom stereocenters. The quantitative estimate of drug-likeness (QED) is 0.885. The van der Waals surface area contributed by atoms with E-state index in [-0.39, 0.29) is 0 Å². The van der Waals surface area contributed by atoms with Crippen molar-refractivity contribution < 1.29 is 4.52 Å². The lowest BCUT2D eigenvalue weighted by molar-refractivity contribution is 0.364. The van der Waals surface area contributed by atoms with Crippen molar-refractivity contribution in [3.05, 3.63) is 22.7 Å². The van der Waals surface area contributed by atoms with Gasteiger partial charge in [-0.05, 0) is 30.8 Å². The zero-order valence-electron chi connectivity index (χ0n) is 8.85. The van der Waals surface area contributed by atoms with Gasteiger partial charge in [-0.3, -0.25) is 0 Å². The standard InChI is InChI=1S/C11H13N3OS/c1-2-9(12-4-1)6-10-13-11(14-15-10)8-3-5-16-7-8/h3,5,7,9,12H,1-2,4,6H2. The molecular formula is C11H13N3OS. The fourth-order valence-electron chi connectivity index (χ4n) is 1.99. The molecule has 1 unspecified atom stereocenters. The Kier molecular flexibility index (Phi) is 2.71. The Hall–Kier alpha value is -1.20. The van der Waals surface area contributed by atoms with Gasteiger partial charge in [-0.2, -0.15) is 16.3 Å². The van der Waals surface area contributed by atoms with Gasteiger partial charge in [0.15, 0.2) is 0 Å². The van der Waals surface area contributed by atoms with Crippen molar-refractivity contribution in [3.63, 3.8) is 0 Å². The van der Waals surface area contributed by atoms with E-state index in [1.165, 1.54) is 12.8 Å². The summed E-state index contributed by atoms with van der Waals surface area (Å²) in [7, 11) is 0. The van der Waals surface area contributed by atoms with Crippen molar-refractivity contribution in [2.24, 2.45) is 0 Å². The summed E-state index contributed by atoms with van der Waals surface area (Å²) >= 11 is 1.64. The number of nitrogens with one attached hydrogen (secondary N) is 1. The first kappa shape index (κ1) is 9.99. The summed E-state index contributed by atoms with van der Waals surface area (Å²) < 4.78 is 5.25. The molecule has 0 amide bonds. The van der Waals surface area contributed by atoms with Crippen molar-refractivity contribution in [3.8, 4) is 11.4 Å². The second kappa shape index (κ2) is 4.35. The van der Waals surface area contributed by atoms with E-state index < -0.39 is 0 Å². The highest BCUT2D eigenvalue weighted by Gasteiger charge is 2.18. The molecule has 84 valence electrons. The number of hydrogen-bond donors (Lipinski definition) is 1. The molecule has 4 nitrogen and oxygen atoms in total. The number of hydrogen-bond acceptors (Lipinski definition) is 5. The van der Waals surface area contributed by atoms with Crippen LogP contribution < -0.4 is 5.32 Å². The van der Waals surface area contributed by atoms with Gasteiger partial charge < -0.3 is 9.84 Å². The maximum atomic E-state index is 5.25. The monoisotopic (exact) mass is 235 g/mol. The summed E-state index contributed by atoms with van der Waals surface area (Å²) in [6.45, 7) is 1.11. The molecule has 0 bridgehead atoms. The first-order chi connectivity index (χ1) is 7.92. The van der Waals surface area contributed by atoms with Gasteiger partial charge in [0.05, 0.1) is 0 Å².